The summed E-state index contributed by atoms with van der Waals surface area (Å²) in [5.41, 5.74) is 10.5. The van der Waals surface area contributed by atoms with Gasteiger partial charge in [0.05, 0.1) is 33.3 Å². The molecule has 0 saturated carbocycles. The first kappa shape index (κ1) is 18.2. The maximum absolute atomic E-state index is 12.2. The molecule has 0 aliphatic heterocycles. The molecule has 0 unspecified atom stereocenters. The lowest BCUT2D eigenvalue weighted by molar-refractivity contribution is 0.396. The summed E-state index contributed by atoms with van der Waals surface area (Å²) in [6.45, 7) is 0.100. The van der Waals surface area contributed by atoms with Crippen LogP contribution in [0.5, 0.6) is 17.2 Å². The van der Waals surface area contributed by atoms with E-state index in [2.05, 4.69) is 10.0 Å². The van der Waals surface area contributed by atoms with Crippen LogP contribution in [-0.2, 0) is 6.54 Å². The van der Waals surface area contributed by atoms with Gasteiger partial charge in [0, 0.05) is 28.7 Å². The largest absolute Gasteiger partial charge is 0.497 e. The fourth-order valence-corrected chi connectivity index (χ4v) is 2.93. The average Bonchev–Trinajstić information content (AvgIpc) is 2.70. The lowest BCUT2D eigenvalue weighted by Gasteiger charge is -2.14. The second kappa shape index (κ2) is 7.72. The fourth-order valence-electron chi connectivity index (χ4n) is 2.93. The zero-order valence-corrected chi connectivity index (χ0v) is 15.1. The molecule has 8 heteroatoms. The molecule has 27 heavy (non-hydrogen) atoms. The molecule has 0 aliphatic rings. The summed E-state index contributed by atoms with van der Waals surface area (Å²) in [5.74, 6) is 1.61. The summed E-state index contributed by atoms with van der Waals surface area (Å²) in [6, 6.07) is 10.1. The first-order chi connectivity index (χ1) is 13.1. The number of nitrogens with zero attached hydrogens (tertiary/aromatic N) is 3. The van der Waals surface area contributed by atoms with Crippen LogP contribution in [0.4, 0.5) is 0 Å². The van der Waals surface area contributed by atoms with E-state index in [4.69, 9.17) is 24.2 Å². The van der Waals surface area contributed by atoms with Crippen LogP contribution in [0.3, 0.4) is 0 Å². The Morgan fingerprint density at radius 2 is 1.78 bits per heavy atom. The van der Waals surface area contributed by atoms with Crippen LogP contribution in [0.25, 0.3) is 32.5 Å². The third-order valence-electron chi connectivity index (χ3n) is 4.14. The number of hydrogen-bond donors (Lipinski definition) is 0. The third kappa shape index (κ3) is 3.51. The van der Waals surface area contributed by atoms with Gasteiger partial charge in [0.2, 0.25) is 0 Å². The van der Waals surface area contributed by atoms with E-state index in [1.165, 1.54) is 20.3 Å². The minimum absolute atomic E-state index is 0.100. The van der Waals surface area contributed by atoms with Crippen molar-refractivity contribution < 1.29 is 18.6 Å². The monoisotopic (exact) mass is 367 g/mol. The quantitative estimate of drug-likeness (QED) is 0.279. The smallest absolute Gasteiger partial charge is 0.336 e. The van der Waals surface area contributed by atoms with Gasteiger partial charge in [0.25, 0.3) is 0 Å². The lowest BCUT2D eigenvalue weighted by atomic mass is 9.96. The molecule has 1 heterocycles. The van der Waals surface area contributed by atoms with Crippen LogP contribution in [0, 0.1) is 0 Å². The Morgan fingerprint density at radius 3 is 2.44 bits per heavy atom. The minimum Gasteiger partial charge on any atom is -0.497 e. The van der Waals surface area contributed by atoms with Crippen molar-refractivity contribution in [1.29, 1.82) is 0 Å². The van der Waals surface area contributed by atoms with Crippen molar-refractivity contribution in [3.05, 3.63) is 62.8 Å². The highest BCUT2D eigenvalue weighted by Gasteiger charge is 2.17. The van der Waals surface area contributed by atoms with E-state index in [0.29, 0.717) is 44.9 Å². The SMILES string of the molecule is COc1ccc(-c2cc(=O)oc3cc(OC)cc(OC)c23)c(CN=[N+]=[N-])c1. The first-order valence-corrected chi connectivity index (χ1v) is 7.99. The van der Waals surface area contributed by atoms with Crippen molar-refractivity contribution in [2.45, 2.75) is 6.54 Å². The number of fused-ring (bicyclic) bond motifs is 1. The van der Waals surface area contributed by atoms with E-state index in [1.54, 1.807) is 37.4 Å². The summed E-state index contributed by atoms with van der Waals surface area (Å²) in [4.78, 5) is 15.0. The molecular formula is C19H17N3O5. The fraction of sp³-hybridized carbons (Fsp3) is 0.211. The molecule has 0 bridgehead atoms. The average molecular weight is 367 g/mol. The summed E-state index contributed by atoms with van der Waals surface area (Å²) >= 11 is 0. The number of rotatable bonds is 6. The molecule has 0 radical (unpaired) electrons. The summed E-state index contributed by atoms with van der Waals surface area (Å²) in [6.07, 6.45) is 0. The lowest BCUT2D eigenvalue weighted by Crippen LogP contribution is -2.01. The van der Waals surface area contributed by atoms with E-state index in [-0.39, 0.29) is 6.54 Å². The predicted molar refractivity (Wildman–Crippen MR) is 100 cm³/mol. The Morgan fingerprint density at radius 1 is 1.00 bits per heavy atom. The van der Waals surface area contributed by atoms with Gasteiger partial charge in [0.15, 0.2) is 0 Å². The third-order valence-corrected chi connectivity index (χ3v) is 4.14. The number of hydrogen-bond acceptors (Lipinski definition) is 6. The normalized spacial score (nSPS) is 10.3. The van der Waals surface area contributed by atoms with Gasteiger partial charge in [-0.1, -0.05) is 11.2 Å². The van der Waals surface area contributed by atoms with Crippen LogP contribution in [0.15, 0.2) is 50.7 Å². The van der Waals surface area contributed by atoms with Gasteiger partial charge < -0.3 is 18.6 Å². The minimum atomic E-state index is -0.515. The standard InChI is InChI=1S/C19H17N3O5/c1-24-12-4-5-14(11(6-12)10-21-22-20)15-9-18(23)27-17-8-13(25-2)7-16(26-3)19(15)17/h4-9H,10H2,1-3H3. The van der Waals surface area contributed by atoms with Gasteiger partial charge in [-0.25, -0.2) is 4.79 Å². The van der Waals surface area contributed by atoms with Crippen LogP contribution in [0.1, 0.15) is 5.56 Å². The second-order valence-electron chi connectivity index (χ2n) is 5.59. The van der Waals surface area contributed by atoms with Crippen molar-refractivity contribution in [1.82, 2.24) is 0 Å². The van der Waals surface area contributed by atoms with Crippen LogP contribution < -0.4 is 19.8 Å². The van der Waals surface area contributed by atoms with Crippen LogP contribution in [-0.4, -0.2) is 21.3 Å². The molecule has 0 spiro atoms. The van der Waals surface area contributed by atoms with E-state index >= 15 is 0 Å². The van der Waals surface area contributed by atoms with Crippen LogP contribution >= 0.6 is 0 Å². The zero-order valence-electron chi connectivity index (χ0n) is 15.1. The van der Waals surface area contributed by atoms with Crippen molar-refractivity contribution in [2.75, 3.05) is 21.3 Å². The summed E-state index contributed by atoms with van der Waals surface area (Å²) < 4.78 is 21.3. The van der Waals surface area contributed by atoms with Crippen molar-refractivity contribution in [2.24, 2.45) is 5.11 Å². The molecule has 0 aliphatic carbocycles. The van der Waals surface area contributed by atoms with Gasteiger partial charge in [-0.3, -0.25) is 0 Å². The molecule has 3 aromatic rings. The molecule has 3 rings (SSSR count). The van der Waals surface area contributed by atoms with Gasteiger partial charge in [-0.2, -0.15) is 0 Å². The number of methoxy groups -OCH3 is 3. The molecule has 138 valence electrons. The van der Waals surface area contributed by atoms with E-state index < -0.39 is 5.63 Å². The number of benzene rings is 2. The van der Waals surface area contributed by atoms with Gasteiger partial charge in [-0.15, -0.1) is 0 Å². The Bertz CT molecular complexity index is 1100. The van der Waals surface area contributed by atoms with E-state index in [9.17, 15) is 4.79 Å². The Balaban J connectivity index is 2.37. The molecule has 0 atom stereocenters. The Kier molecular flexibility index (Phi) is 5.19. The Hall–Kier alpha value is -3.64. The molecule has 2 aromatic carbocycles. The Labute approximate surface area is 154 Å². The molecular weight excluding hydrogens is 350 g/mol. The molecule has 0 saturated heterocycles. The van der Waals surface area contributed by atoms with Crippen molar-refractivity contribution >= 4 is 11.0 Å². The molecule has 0 amide bonds. The maximum atomic E-state index is 12.2. The van der Waals surface area contributed by atoms with E-state index in [0.717, 1.165) is 0 Å². The maximum Gasteiger partial charge on any atom is 0.336 e. The molecule has 0 N–H and O–H groups in total. The zero-order chi connectivity index (χ0) is 19.4. The van der Waals surface area contributed by atoms with Gasteiger partial charge >= 0.3 is 5.63 Å². The van der Waals surface area contributed by atoms with Gasteiger partial charge in [-0.05, 0) is 28.8 Å². The summed E-state index contributed by atoms with van der Waals surface area (Å²) in [5, 5.41) is 4.26. The highest BCUT2D eigenvalue weighted by Crippen LogP contribution is 2.39. The number of ether oxygens (including phenoxy) is 3. The topological polar surface area (TPSA) is 107 Å². The summed E-state index contributed by atoms with van der Waals surface area (Å²) in [7, 11) is 4.59. The van der Waals surface area contributed by atoms with E-state index in [1.807, 2.05) is 0 Å². The predicted octanol–water partition coefficient (Wildman–Crippen LogP) is 4.30. The van der Waals surface area contributed by atoms with Gasteiger partial charge in [0.1, 0.15) is 22.8 Å². The first-order valence-electron chi connectivity index (χ1n) is 7.99. The molecule has 1 aromatic heterocycles. The molecule has 0 fully saturated rings. The highest BCUT2D eigenvalue weighted by molar-refractivity contribution is 5.99. The number of azide groups is 1. The highest BCUT2D eigenvalue weighted by atomic mass is 16.5. The van der Waals surface area contributed by atoms with Crippen molar-refractivity contribution in [3.8, 4) is 28.4 Å². The van der Waals surface area contributed by atoms with Crippen LogP contribution in [0.2, 0.25) is 0 Å². The second-order valence-corrected chi connectivity index (χ2v) is 5.59. The molecule has 8 nitrogen and oxygen atoms in total. The van der Waals surface area contributed by atoms with Crippen molar-refractivity contribution in [3.63, 3.8) is 0 Å².